The predicted octanol–water partition coefficient (Wildman–Crippen LogP) is 2.80. The summed E-state index contributed by atoms with van der Waals surface area (Å²) in [5.41, 5.74) is -0.131. The van der Waals surface area contributed by atoms with E-state index < -0.39 is 0 Å². The molecule has 1 saturated heterocycles. The molecule has 3 rings (SSSR count). The molecule has 0 bridgehead atoms. The number of hydrogen-bond acceptors (Lipinski definition) is 6. The maximum Gasteiger partial charge on any atom is 0.241 e. The van der Waals surface area contributed by atoms with Gasteiger partial charge in [0.25, 0.3) is 0 Å². The number of ether oxygens (including phenoxy) is 1. The first-order chi connectivity index (χ1) is 9.52. The summed E-state index contributed by atoms with van der Waals surface area (Å²) >= 11 is 1.62. The molecule has 1 atom stereocenters. The average molecular weight is 293 g/mol. The minimum Gasteiger partial charge on any atom is -0.370 e. The first kappa shape index (κ1) is 13.7. The number of thiophene rings is 1. The molecule has 20 heavy (non-hydrogen) atoms. The van der Waals surface area contributed by atoms with Gasteiger partial charge in [-0.15, -0.1) is 11.3 Å². The van der Waals surface area contributed by atoms with Crippen molar-refractivity contribution < 1.29 is 9.26 Å². The van der Waals surface area contributed by atoms with Gasteiger partial charge in [-0.3, -0.25) is 4.90 Å². The standard InChI is InChI=1S/C14H19N3O2S/c1-10-7-17(9-14(2,3)18-10)8-12-15-13(16-19-12)11-5-4-6-20-11/h4-6,10H,7-9H2,1-3H3/t10-/m1/s1. The van der Waals surface area contributed by atoms with Crippen molar-refractivity contribution >= 4 is 11.3 Å². The molecule has 1 aliphatic rings. The van der Waals surface area contributed by atoms with Gasteiger partial charge < -0.3 is 9.26 Å². The second-order valence-corrected chi connectivity index (χ2v) is 6.79. The lowest BCUT2D eigenvalue weighted by Crippen LogP contribution is -2.51. The Morgan fingerprint density at radius 3 is 3.05 bits per heavy atom. The number of aromatic nitrogens is 2. The van der Waals surface area contributed by atoms with E-state index in [0.717, 1.165) is 18.0 Å². The summed E-state index contributed by atoms with van der Waals surface area (Å²) in [5.74, 6) is 1.34. The average Bonchev–Trinajstić information content (AvgIpc) is 2.94. The Labute approximate surface area is 122 Å². The van der Waals surface area contributed by atoms with Crippen LogP contribution in [-0.2, 0) is 11.3 Å². The van der Waals surface area contributed by atoms with Crippen LogP contribution in [0.15, 0.2) is 22.0 Å². The van der Waals surface area contributed by atoms with Crippen LogP contribution in [-0.4, -0.2) is 39.8 Å². The monoisotopic (exact) mass is 293 g/mol. The third-order valence-electron chi connectivity index (χ3n) is 3.21. The highest BCUT2D eigenvalue weighted by atomic mass is 32.1. The molecule has 6 heteroatoms. The summed E-state index contributed by atoms with van der Waals surface area (Å²) in [4.78, 5) is 7.81. The zero-order chi connectivity index (χ0) is 14.2. The molecule has 0 unspecified atom stereocenters. The van der Waals surface area contributed by atoms with Crippen LogP contribution < -0.4 is 0 Å². The molecule has 3 heterocycles. The predicted molar refractivity (Wildman–Crippen MR) is 77.5 cm³/mol. The van der Waals surface area contributed by atoms with Gasteiger partial charge in [-0.05, 0) is 32.2 Å². The van der Waals surface area contributed by atoms with E-state index in [9.17, 15) is 0 Å². The minimum atomic E-state index is -0.131. The van der Waals surface area contributed by atoms with Crippen LogP contribution in [0.2, 0.25) is 0 Å². The molecule has 0 amide bonds. The fourth-order valence-corrected chi connectivity index (χ4v) is 3.37. The largest absolute Gasteiger partial charge is 0.370 e. The molecule has 0 aromatic carbocycles. The van der Waals surface area contributed by atoms with Gasteiger partial charge in [0.2, 0.25) is 11.7 Å². The highest BCUT2D eigenvalue weighted by Crippen LogP contribution is 2.24. The van der Waals surface area contributed by atoms with Crippen molar-refractivity contribution in [3.8, 4) is 10.7 Å². The topological polar surface area (TPSA) is 51.4 Å². The molecule has 2 aromatic heterocycles. The Bertz CT molecular complexity index is 565. The molecule has 2 aromatic rings. The van der Waals surface area contributed by atoms with E-state index in [-0.39, 0.29) is 11.7 Å². The summed E-state index contributed by atoms with van der Waals surface area (Å²) in [5, 5.41) is 6.06. The zero-order valence-corrected chi connectivity index (χ0v) is 12.8. The number of rotatable bonds is 3. The molecule has 0 aliphatic carbocycles. The lowest BCUT2D eigenvalue weighted by molar-refractivity contribution is -0.132. The molecule has 108 valence electrons. The van der Waals surface area contributed by atoms with E-state index in [1.807, 2.05) is 17.5 Å². The van der Waals surface area contributed by atoms with Crippen molar-refractivity contribution in [3.63, 3.8) is 0 Å². The maximum atomic E-state index is 5.90. The summed E-state index contributed by atoms with van der Waals surface area (Å²) in [6.45, 7) is 8.75. The molecule has 1 aliphatic heterocycles. The second kappa shape index (κ2) is 5.27. The van der Waals surface area contributed by atoms with E-state index in [2.05, 4.69) is 35.8 Å². The smallest absolute Gasteiger partial charge is 0.241 e. The lowest BCUT2D eigenvalue weighted by Gasteiger charge is -2.41. The van der Waals surface area contributed by atoms with Gasteiger partial charge in [-0.25, -0.2) is 0 Å². The molecule has 0 radical (unpaired) electrons. The number of nitrogens with zero attached hydrogens (tertiary/aromatic N) is 3. The summed E-state index contributed by atoms with van der Waals surface area (Å²) in [6, 6.07) is 3.99. The molecule has 1 fully saturated rings. The van der Waals surface area contributed by atoms with Gasteiger partial charge in [-0.2, -0.15) is 4.98 Å². The zero-order valence-electron chi connectivity index (χ0n) is 12.0. The number of hydrogen-bond donors (Lipinski definition) is 0. The van der Waals surface area contributed by atoms with Crippen LogP contribution >= 0.6 is 11.3 Å². The molecular formula is C14H19N3O2S. The van der Waals surface area contributed by atoms with E-state index in [1.165, 1.54) is 0 Å². The first-order valence-corrected chi connectivity index (χ1v) is 7.66. The van der Waals surface area contributed by atoms with Crippen LogP contribution in [0.5, 0.6) is 0 Å². The second-order valence-electron chi connectivity index (χ2n) is 5.85. The van der Waals surface area contributed by atoms with Gasteiger partial charge in [0.05, 0.1) is 23.1 Å². The highest BCUT2D eigenvalue weighted by Gasteiger charge is 2.32. The fourth-order valence-electron chi connectivity index (χ4n) is 2.72. The van der Waals surface area contributed by atoms with Gasteiger partial charge in [0.15, 0.2) is 0 Å². The van der Waals surface area contributed by atoms with Crippen LogP contribution in [0, 0.1) is 0 Å². The van der Waals surface area contributed by atoms with E-state index >= 15 is 0 Å². The maximum absolute atomic E-state index is 5.90. The molecule has 0 N–H and O–H groups in total. The summed E-state index contributed by atoms with van der Waals surface area (Å²) in [7, 11) is 0. The fraction of sp³-hybridized carbons (Fsp3) is 0.571. The van der Waals surface area contributed by atoms with E-state index in [0.29, 0.717) is 18.3 Å². The van der Waals surface area contributed by atoms with Crippen molar-refractivity contribution in [2.45, 2.75) is 39.0 Å². The van der Waals surface area contributed by atoms with Crippen molar-refractivity contribution in [2.24, 2.45) is 0 Å². The van der Waals surface area contributed by atoms with Crippen LogP contribution in [0.1, 0.15) is 26.7 Å². The summed E-state index contributed by atoms with van der Waals surface area (Å²) < 4.78 is 11.3. The quantitative estimate of drug-likeness (QED) is 0.871. The van der Waals surface area contributed by atoms with Crippen LogP contribution in [0.3, 0.4) is 0 Å². The van der Waals surface area contributed by atoms with E-state index in [4.69, 9.17) is 9.26 Å². The summed E-state index contributed by atoms with van der Waals surface area (Å²) in [6.07, 6.45) is 0.221. The SMILES string of the molecule is C[C@@H]1CN(Cc2nc(-c3cccs3)no2)CC(C)(C)O1. The lowest BCUT2D eigenvalue weighted by atomic mass is 10.1. The number of morpholine rings is 1. The molecule has 0 spiro atoms. The van der Waals surface area contributed by atoms with Crippen molar-refractivity contribution in [1.29, 1.82) is 0 Å². The van der Waals surface area contributed by atoms with Gasteiger partial charge in [0, 0.05) is 13.1 Å². The van der Waals surface area contributed by atoms with Crippen LogP contribution in [0.4, 0.5) is 0 Å². The Kier molecular flexibility index (Phi) is 3.62. The van der Waals surface area contributed by atoms with Crippen molar-refractivity contribution in [1.82, 2.24) is 15.0 Å². The first-order valence-electron chi connectivity index (χ1n) is 6.78. The Morgan fingerprint density at radius 2 is 2.35 bits per heavy atom. The molecular weight excluding hydrogens is 274 g/mol. The minimum absolute atomic E-state index is 0.131. The molecule has 0 saturated carbocycles. The van der Waals surface area contributed by atoms with Gasteiger partial charge in [0.1, 0.15) is 0 Å². The third kappa shape index (κ3) is 3.08. The van der Waals surface area contributed by atoms with Crippen LogP contribution in [0.25, 0.3) is 10.7 Å². The third-order valence-corrected chi connectivity index (χ3v) is 4.07. The Hall–Kier alpha value is -1.24. The van der Waals surface area contributed by atoms with Gasteiger partial charge in [-0.1, -0.05) is 11.2 Å². The Balaban J connectivity index is 1.69. The highest BCUT2D eigenvalue weighted by molar-refractivity contribution is 7.13. The van der Waals surface area contributed by atoms with Gasteiger partial charge >= 0.3 is 0 Å². The van der Waals surface area contributed by atoms with E-state index in [1.54, 1.807) is 11.3 Å². The molecule has 5 nitrogen and oxygen atoms in total. The van der Waals surface area contributed by atoms with Crippen molar-refractivity contribution in [2.75, 3.05) is 13.1 Å². The van der Waals surface area contributed by atoms with Crippen molar-refractivity contribution in [3.05, 3.63) is 23.4 Å². The Morgan fingerprint density at radius 1 is 1.50 bits per heavy atom. The normalized spacial score (nSPS) is 23.1.